The molecule has 0 fully saturated rings. The molecule has 6 nitrogen and oxygen atoms in total. The molecule has 0 aliphatic rings. The van der Waals surface area contributed by atoms with E-state index in [9.17, 15) is 14.4 Å². The Balaban J connectivity index is 3.60. The van der Waals surface area contributed by atoms with Crippen LogP contribution in [0.3, 0.4) is 0 Å². The van der Waals surface area contributed by atoms with Gasteiger partial charge in [0.25, 0.3) is 0 Å². The van der Waals surface area contributed by atoms with Crippen LogP contribution in [0.4, 0.5) is 0 Å². The highest BCUT2D eigenvalue weighted by molar-refractivity contribution is 5.78. The van der Waals surface area contributed by atoms with Crippen molar-refractivity contribution in [2.45, 2.75) is 41.5 Å². The summed E-state index contributed by atoms with van der Waals surface area (Å²) in [7, 11) is 0. The van der Waals surface area contributed by atoms with Crippen LogP contribution in [0.5, 0.6) is 17.2 Å². The fourth-order valence-electron chi connectivity index (χ4n) is 2.04. The highest BCUT2D eigenvalue weighted by Gasteiger charge is 2.23. The molecular weight excluding hydrogens is 276 g/mol. The van der Waals surface area contributed by atoms with E-state index >= 15 is 0 Å². The topological polar surface area (TPSA) is 78.9 Å². The zero-order valence-corrected chi connectivity index (χ0v) is 12.9. The number of hydrogen-bond donors (Lipinski definition) is 0. The molecule has 0 spiro atoms. The molecule has 0 heterocycles. The lowest BCUT2D eigenvalue weighted by molar-refractivity contribution is -0.132. The van der Waals surface area contributed by atoms with Crippen LogP contribution in [0.2, 0.25) is 0 Å². The van der Waals surface area contributed by atoms with Crippen LogP contribution < -0.4 is 14.2 Å². The third-order valence-corrected chi connectivity index (χ3v) is 2.78. The van der Waals surface area contributed by atoms with Gasteiger partial charge in [-0.2, -0.15) is 0 Å². The lowest BCUT2D eigenvalue weighted by Gasteiger charge is -2.19. The maximum atomic E-state index is 11.2. The Morgan fingerprint density at radius 3 is 0.905 bits per heavy atom. The third kappa shape index (κ3) is 3.81. The largest absolute Gasteiger partial charge is 0.426 e. The molecule has 21 heavy (non-hydrogen) atoms. The molecule has 0 atom stereocenters. The molecule has 0 aromatic heterocycles. The van der Waals surface area contributed by atoms with Gasteiger partial charge in [0.1, 0.15) is 17.2 Å². The highest BCUT2D eigenvalue weighted by atomic mass is 16.6. The first kappa shape index (κ1) is 16.7. The van der Waals surface area contributed by atoms with Crippen molar-refractivity contribution in [2.24, 2.45) is 0 Å². The molecule has 1 aromatic rings. The molecule has 0 aliphatic heterocycles. The predicted molar refractivity (Wildman–Crippen MR) is 74.6 cm³/mol. The quantitative estimate of drug-likeness (QED) is 0.629. The summed E-state index contributed by atoms with van der Waals surface area (Å²) in [6.45, 7) is 8.76. The summed E-state index contributed by atoms with van der Waals surface area (Å²) >= 11 is 0. The van der Waals surface area contributed by atoms with Crippen LogP contribution >= 0.6 is 0 Å². The van der Waals surface area contributed by atoms with E-state index in [0.717, 1.165) is 0 Å². The van der Waals surface area contributed by atoms with E-state index < -0.39 is 17.9 Å². The van der Waals surface area contributed by atoms with Crippen molar-refractivity contribution < 1.29 is 28.6 Å². The Bertz CT molecular complexity index is 508. The summed E-state index contributed by atoms with van der Waals surface area (Å²) in [5.74, 6) is -0.894. The second kappa shape index (κ2) is 6.39. The van der Waals surface area contributed by atoms with Gasteiger partial charge in [-0.25, -0.2) is 0 Å². The second-order valence-electron chi connectivity index (χ2n) is 4.64. The smallest absolute Gasteiger partial charge is 0.308 e. The normalized spacial score (nSPS) is 10.0. The SMILES string of the molecule is CC(=O)Oc1c(C)c(OC(C)=O)c(C)c(OC(C)=O)c1C. The Morgan fingerprint density at radius 1 is 0.571 bits per heavy atom. The van der Waals surface area contributed by atoms with Crippen molar-refractivity contribution in [1.82, 2.24) is 0 Å². The zero-order valence-electron chi connectivity index (χ0n) is 12.9. The Morgan fingerprint density at radius 2 is 0.762 bits per heavy atom. The molecule has 1 aromatic carbocycles. The van der Waals surface area contributed by atoms with Gasteiger partial charge >= 0.3 is 17.9 Å². The number of rotatable bonds is 3. The van der Waals surface area contributed by atoms with Gasteiger partial charge in [-0.3, -0.25) is 14.4 Å². The van der Waals surface area contributed by atoms with Gasteiger partial charge < -0.3 is 14.2 Å². The summed E-state index contributed by atoms with van der Waals surface area (Å²) < 4.78 is 15.5. The number of esters is 3. The fraction of sp³-hybridized carbons (Fsp3) is 0.400. The minimum absolute atomic E-state index is 0.223. The van der Waals surface area contributed by atoms with Crippen LogP contribution in [0.1, 0.15) is 37.5 Å². The molecule has 6 heteroatoms. The maximum absolute atomic E-state index is 11.2. The molecule has 0 saturated heterocycles. The van der Waals surface area contributed by atoms with Crippen molar-refractivity contribution in [3.8, 4) is 17.2 Å². The molecule has 0 unspecified atom stereocenters. The van der Waals surface area contributed by atoms with Gasteiger partial charge in [0.15, 0.2) is 0 Å². The molecule has 0 amide bonds. The van der Waals surface area contributed by atoms with E-state index in [0.29, 0.717) is 16.7 Å². The Labute approximate surface area is 123 Å². The van der Waals surface area contributed by atoms with Crippen molar-refractivity contribution in [3.05, 3.63) is 16.7 Å². The summed E-state index contributed by atoms with van der Waals surface area (Å²) in [6, 6.07) is 0. The van der Waals surface area contributed by atoms with E-state index in [1.165, 1.54) is 20.8 Å². The van der Waals surface area contributed by atoms with Crippen molar-refractivity contribution >= 4 is 17.9 Å². The molecule has 1 rings (SSSR count). The number of carbonyl (C=O) groups is 3. The predicted octanol–water partition coefficient (Wildman–Crippen LogP) is 2.39. The van der Waals surface area contributed by atoms with E-state index in [4.69, 9.17) is 14.2 Å². The van der Waals surface area contributed by atoms with E-state index in [2.05, 4.69) is 0 Å². The molecule has 114 valence electrons. The van der Waals surface area contributed by atoms with Gasteiger partial charge in [0, 0.05) is 37.5 Å². The first-order valence-electron chi connectivity index (χ1n) is 6.34. The third-order valence-electron chi connectivity index (χ3n) is 2.78. The van der Waals surface area contributed by atoms with Crippen molar-refractivity contribution in [3.63, 3.8) is 0 Å². The van der Waals surface area contributed by atoms with E-state index in [-0.39, 0.29) is 17.2 Å². The minimum atomic E-state index is -0.521. The van der Waals surface area contributed by atoms with Gasteiger partial charge in [-0.15, -0.1) is 0 Å². The second-order valence-corrected chi connectivity index (χ2v) is 4.64. The summed E-state index contributed by atoms with van der Waals surface area (Å²) in [4.78, 5) is 33.7. The highest BCUT2D eigenvalue weighted by Crippen LogP contribution is 2.42. The number of ether oxygens (including phenoxy) is 3. The summed E-state index contributed by atoms with van der Waals surface area (Å²) in [6.07, 6.45) is 0. The van der Waals surface area contributed by atoms with E-state index in [1.807, 2.05) is 0 Å². The van der Waals surface area contributed by atoms with Gasteiger partial charge in [-0.05, 0) is 20.8 Å². The van der Waals surface area contributed by atoms with Gasteiger partial charge in [-0.1, -0.05) is 0 Å². The van der Waals surface area contributed by atoms with Gasteiger partial charge in [0.05, 0.1) is 0 Å². The summed E-state index contributed by atoms with van der Waals surface area (Å²) in [5.41, 5.74) is 1.48. The lowest BCUT2D eigenvalue weighted by Crippen LogP contribution is -2.12. The monoisotopic (exact) mass is 294 g/mol. The van der Waals surface area contributed by atoms with Crippen LogP contribution in [0, 0.1) is 20.8 Å². The molecule has 0 bridgehead atoms. The number of carbonyl (C=O) groups excluding carboxylic acids is 3. The first-order chi connectivity index (χ1) is 9.65. The van der Waals surface area contributed by atoms with Gasteiger partial charge in [0.2, 0.25) is 0 Å². The molecule has 0 aliphatic carbocycles. The van der Waals surface area contributed by atoms with Crippen molar-refractivity contribution in [2.75, 3.05) is 0 Å². The first-order valence-corrected chi connectivity index (χ1v) is 6.34. The van der Waals surface area contributed by atoms with Crippen molar-refractivity contribution in [1.29, 1.82) is 0 Å². The van der Waals surface area contributed by atoms with E-state index in [1.54, 1.807) is 20.8 Å². The molecular formula is C15H18O6. The average Bonchev–Trinajstić information content (AvgIpc) is 2.35. The standard InChI is InChI=1S/C15H18O6/c1-7-13(19-10(4)16)8(2)15(21-12(6)18)9(3)14(7)20-11(5)17/h1-6H3. The van der Waals surface area contributed by atoms with Crippen LogP contribution in [-0.2, 0) is 14.4 Å². The maximum Gasteiger partial charge on any atom is 0.308 e. The number of hydrogen-bond acceptors (Lipinski definition) is 6. The minimum Gasteiger partial charge on any atom is -0.426 e. The average molecular weight is 294 g/mol. The zero-order chi connectivity index (χ0) is 16.3. The van der Waals surface area contributed by atoms with Crippen LogP contribution in [0.25, 0.3) is 0 Å². The van der Waals surface area contributed by atoms with Crippen LogP contribution in [0.15, 0.2) is 0 Å². The summed E-state index contributed by atoms with van der Waals surface area (Å²) in [5, 5.41) is 0. The van der Waals surface area contributed by atoms with Crippen LogP contribution in [-0.4, -0.2) is 17.9 Å². The lowest BCUT2D eigenvalue weighted by atomic mass is 10.0. The molecule has 0 radical (unpaired) electrons. The Kier molecular flexibility index (Phi) is 5.07. The Hall–Kier alpha value is -2.37. The molecule has 0 saturated carbocycles. The number of benzene rings is 1. The fourth-order valence-corrected chi connectivity index (χ4v) is 2.04. The molecule has 0 N–H and O–H groups in total.